The van der Waals surface area contributed by atoms with Gasteiger partial charge in [0.25, 0.3) is 15.0 Å². The first-order chi connectivity index (χ1) is 8.88. The number of halogens is 1. The molecule has 0 aliphatic heterocycles. The molecule has 0 saturated heterocycles. The lowest BCUT2D eigenvalue weighted by Gasteiger charge is -2.08. The number of aromatic nitrogens is 2. The number of aromatic amines is 1. The van der Waals surface area contributed by atoms with Gasteiger partial charge in [-0.1, -0.05) is 0 Å². The van der Waals surface area contributed by atoms with Crippen LogP contribution in [0.15, 0.2) is 35.4 Å². The van der Waals surface area contributed by atoms with Gasteiger partial charge in [-0.05, 0) is 36.8 Å². The number of nitrogens with one attached hydrogen (secondary N) is 2. The fraction of sp³-hybridized carbons (Fsp3) is 0.0909. The number of hydrogen-bond acceptors (Lipinski definition) is 4. The zero-order valence-electron chi connectivity index (χ0n) is 9.84. The molecule has 0 aliphatic carbocycles. The molecule has 0 aliphatic rings. The van der Waals surface area contributed by atoms with E-state index in [-0.39, 0.29) is 10.8 Å². The van der Waals surface area contributed by atoms with Gasteiger partial charge in [-0.25, -0.2) is 8.42 Å². The summed E-state index contributed by atoms with van der Waals surface area (Å²) in [5.74, 6) is -0.359. The normalized spacial score (nSPS) is 11.3. The molecule has 6 nitrogen and oxygen atoms in total. The second-order valence-electron chi connectivity index (χ2n) is 3.84. The van der Waals surface area contributed by atoms with Crippen LogP contribution in [0.2, 0.25) is 0 Å². The van der Waals surface area contributed by atoms with Crippen molar-refractivity contribution in [3.63, 3.8) is 0 Å². The van der Waals surface area contributed by atoms with E-state index in [0.29, 0.717) is 16.9 Å². The number of rotatable bonds is 3. The summed E-state index contributed by atoms with van der Waals surface area (Å²) in [6.07, 6.45) is 1.46. The molecule has 19 heavy (non-hydrogen) atoms. The quantitative estimate of drug-likeness (QED) is 0.847. The molecule has 0 radical (unpaired) electrons. The third-order valence-corrected chi connectivity index (χ3v) is 3.82. The third kappa shape index (κ3) is 3.12. The number of benzene rings is 1. The van der Waals surface area contributed by atoms with Crippen molar-refractivity contribution in [3.8, 4) is 0 Å². The Morgan fingerprint density at radius 3 is 2.63 bits per heavy atom. The Labute approximate surface area is 114 Å². The van der Waals surface area contributed by atoms with Gasteiger partial charge < -0.3 is 5.32 Å². The predicted molar refractivity (Wildman–Crippen MR) is 70.8 cm³/mol. The summed E-state index contributed by atoms with van der Waals surface area (Å²) in [5.41, 5.74) is 1.41. The SMILES string of the molecule is Cc1cc(S(=O)(=O)Cl)ccc1NC(=O)c1ccn[nH]1. The summed E-state index contributed by atoms with van der Waals surface area (Å²) in [6.45, 7) is 1.67. The van der Waals surface area contributed by atoms with Gasteiger partial charge in [0.15, 0.2) is 0 Å². The monoisotopic (exact) mass is 299 g/mol. The van der Waals surface area contributed by atoms with Crippen LogP contribution in [0.25, 0.3) is 0 Å². The van der Waals surface area contributed by atoms with E-state index in [9.17, 15) is 13.2 Å². The van der Waals surface area contributed by atoms with E-state index in [4.69, 9.17) is 10.7 Å². The maximum absolute atomic E-state index is 11.8. The van der Waals surface area contributed by atoms with Gasteiger partial charge in [-0.3, -0.25) is 9.89 Å². The van der Waals surface area contributed by atoms with Crippen LogP contribution in [-0.4, -0.2) is 24.5 Å². The summed E-state index contributed by atoms with van der Waals surface area (Å²) in [7, 11) is 1.47. The number of H-pyrrole nitrogens is 1. The lowest BCUT2D eigenvalue weighted by molar-refractivity contribution is 0.102. The van der Waals surface area contributed by atoms with Gasteiger partial charge in [-0.2, -0.15) is 5.10 Å². The molecule has 0 fully saturated rings. The first-order valence-electron chi connectivity index (χ1n) is 5.24. The Kier molecular flexibility index (Phi) is 3.59. The van der Waals surface area contributed by atoms with Crippen molar-refractivity contribution < 1.29 is 13.2 Å². The highest BCUT2D eigenvalue weighted by molar-refractivity contribution is 8.13. The smallest absolute Gasteiger partial charge is 0.273 e. The van der Waals surface area contributed by atoms with Crippen LogP contribution in [0.5, 0.6) is 0 Å². The van der Waals surface area contributed by atoms with Gasteiger partial charge in [0, 0.05) is 22.6 Å². The lowest BCUT2D eigenvalue weighted by Crippen LogP contribution is -2.13. The standard InChI is InChI=1S/C11H10ClN3O3S/c1-7-6-8(19(12,17)18)2-3-9(7)14-11(16)10-4-5-13-15-10/h2-6H,1H3,(H,13,15)(H,14,16). The van der Waals surface area contributed by atoms with Crippen LogP contribution in [0.4, 0.5) is 5.69 Å². The fourth-order valence-corrected chi connectivity index (χ4v) is 2.34. The minimum atomic E-state index is -3.77. The molecule has 0 spiro atoms. The molecular formula is C11H10ClN3O3S. The molecule has 2 N–H and O–H groups in total. The Bertz CT molecular complexity index is 711. The molecule has 1 aromatic heterocycles. The molecule has 2 aromatic rings. The molecule has 8 heteroatoms. The molecule has 0 atom stereocenters. The maximum atomic E-state index is 11.8. The van der Waals surface area contributed by atoms with Crippen molar-refractivity contribution >= 4 is 31.3 Å². The number of aryl methyl sites for hydroxylation is 1. The molecule has 0 saturated carbocycles. The van der Waals surface area contributed by atoms with Gasteiger partial charge in [0.1, 0.15) is 5.69 Å². The molecular weight excluding hydrogens is 290 g/mol. The maximum Gasteiger partial charge on any atom is 0.273 e. The molecule has 1 amide bonds. The lowest BCUT2D eigenvalue weighted by atomic mass is 10.2. The molecule has 0 unspecified atom stereocenters. The predicted octanol–water partition coefficient (Wildman–Crippen LogP) is 1.90. The van der Waals surface area contributed by atoms with Crippen molar-refractivity contribution in [2.45, 2.75) is 11.8 Å². The van der Waals surface area contributed by atoms with Gasteiger partial charge in [-0.15, -0.1) is 0 Å². The minimum absolute atomic E-state index is 0.00814. The molecule has 0 bridgehead atoms. The van der Waals surface area contributed by atoms with Crippen LogP contribution in [-0.2, 0) is 9.05 Å². The van der Waals surface area contributed by atoms with Crippen LogP contribution in [0, 0.1) is 6.92 Å². The number of nitrogens with zero attached hydrogens (tertiary/aromatic N) is 1. The van der Waals surface area contributed by atoms with Crippen LogP contribution >= 0.6 is 10.7 Å². The molecule has 1 heterocycles. The van der Waals surface area contributed by atoms with E-state index in [1.807, 2.05) is 0 Å². The van der Waals surface area contributed by atoms with Gasteiger partial charge >= 0.3 is 0 Å². The highest BCUT2D eigenvalue weighted by atomic mass is 35.7. The molecule has 2 rings (SSSR count). The van der Waals surface area contributed by atoms with Crippen molar-refractivity contribution in [3.05, 3.63) is 41.7 Å². The Morgan fingerprint density at radius 1 is 1.37 bits per heavy atom. The van der Waals surface area contributed by atoms with E-state index in [0.717, 1.165) is 0 Å². The van der Waals surface area contributed by atoms with Gasteiger partial charge in [0.2, 0.25) is 0 Å². The van der Waals surface area contributed by atoms with Crippen LogP contribution < -0.4 is 5.32 Å². The van der Waals surface area contributed by atoms with Crippen molar-refractivity contribution in [1.29, 1.82) is 0 Å². The zero-order valence-corrected chi connectivity index (χ0v) is 11.4. The van der Waals surface area contributed by atoms with E-state index in [1.54, 1.807) is 6.92 Å². The van der Waals surface area contributed by atoms with E-state index in [1.165, 1.54) is 30.5 Å². The van der Waals surface area contributed by atoms with Crippen LogP contribution in [0.1, 0.15) is 16.1 Å². The topological polar surface area (TPSA) is 91.9 Å². The first kappa shape index (κ1) is 13.6. The number of anilines is 1. The zero-order chi connectivity index (χ0) is 14.0. The first-order valence-corrected chi connectivity index (χ1v) is 7.55. The Balaban J connectivity index is 2.25. The molecule has 100 valence electrons. The van der Waals surface area contributed by atoms with Crippen LogP contribution in [0.3, 0.4) is 0 Å². The van der Waals surface area contributed by atoms with Crippen molar-refractivity contribution in [2.75, 3.05) is 5.32 Å². The largest absolute Gasteiger partial charge is 0.320 e. The Hall–Kier alpha value is -1.86. The van der Waals surface area contributed by atoms with E-state index >= 15 is 0 Å². The molecule has 1 aromatic carbocycles. The second-order valence-corrected chi connectivity index (χ2v) is 6.40. The van der Waals surface area contributed by atoms with E-state index < -0.39 is 9.05 Å². The summed E-state index contributed by atoms with van der Waals surface area (Å²) in [6, 6.07) is 5.74. The van der Waals surface area contributed by atoms with Crippen molar-refractivity contribution in [2.24, 2.45) is 0 Å². The van der Waals surface area contributed by atoms with Crippen molar-refractivity contribution in [1.82, 2.24) is 10.2 Å². The van der Waals surface area contributed by atoms with E-state index in [2.05, 4.69) is 15.5 Å². The second kappa shape index (κ2) is 5.02. The summed E-state index contributed by atoms with van der Waals surface area (Å²) in [4.78, 5) is 11.8. The average Bonchev–Trinajstić information content (AvgIpc) is 2.84. The highest BCUT2D eigenvalue weighted by Gasteiger charge is 2.13. The highest BCUT2D eigenvalue weighted by Crippen LogP contribution is 2.22. The Morgan fingerprint density at radius 2 is 2.11 bits per heavy atom. The number of amides is 1. The number of carbonyl (C=O) groups is 1. The third-order valence-electron chi connectivity index (χ3n) is 2.47. The summed E-state index contributed by atoms with van der Waals surface area (Å²) < 4.78 is 22.3. The fourth-order valence-electron chi connectivity index (χ4n) is 1.50. The number of carbonyl (C=O) groups excluding carboxylic acids is 1. The summed E-state index contributed by atoms with van der Waals surface area (Å²) >= 11 is 0. The summed E-state index contributed by atoms with van der Waals surface area (Å²) in [5, 5.41) is 8.85. The average molecular weight is 300 g/mol. The number of hydrogen-bond donors (Lipinski definition) is 2. The van der Waals surface area contributed by atoms with Gasteiger partial charge in [0.05, 0.1) is 4.90 Å². The minimum Gasteiger partial charge on any atom is -0.320 e.